The van der Waals surface area contributed by atoms with Gasteiger partial charge in [0, 0.05) is 40.5 Å². The summed E-state index contributed by atoms with van der Waals surface area (Å²) in [7, 11) is 0. The fourth-order valence-electron chi connectivity index (χ4n) is 4.80. The van der Waals surface area contributed by atoms with Gasteiger partial charge in [0.1, 0.15) is 5.75 Å². The van der Waals surface area contributed by atoms with Crippen LogP contribution in [0.5, 0.6) is 11.6 Å². The molecule has 0 fully saturated rings. The molecule has 0 saturated carbocycles. The van der Waals surface area contributed by atoms with E-state index < -0.39 is 0 Å². The number of hydrogen-bond donors (Lipinski definition) is 1. The predicted molar refractivity (Wildman–Crippen MR) is 146 cm³/mol. The number of aromatic nitrogens is 4. The lowest BCUT2D eigenvalue weighted by atomic mass is 10.0. The highest BCUT2D eigenvalue weighted by molar-refractivity contribution is 5.71. The molecule has 6 rings (SSSR count). The van der Waals surface area contributed by atoms with Gasteiger partial charge in [0.15, 0.2) is 5.82 Å². The van der Waals surface area contributed by atoms with Crippen LogP contribution >= 0.6 is 0 Å². The summed E-state index contributed by atoms with van der Waals surface area (Å²) in [6.07, 6.45) is 7.60. The number of hydrogen-bond acceptors (Lipinski definition) is 6. The number of nitrogens with one attached hydrogen (secondary N) is 1. The maximum atomic E-state index is 6.19. The summed E-state index contributed by atoms with van der Waals surface area (Å²) in [5, 5.41) is 12.6. The van der Waals surface area contributed by atoms with Crippen molar-refractivity contribution >= 4 is 11.5 Å². The Bertz CT molecular complexity index is 1530. The second kappa shape index (κ2) is 10.2. The van der Waals surface area contributed by atoms with Crippen molar-refractivity contribution in [3.63, 3.8) is 0 Å². The van der Waals surface area contributed by atoms with Crippen LogP contribution in [0.25, 0.3) is 22.4 Å². The van der Waals surface area contributed by atoms with Crippen molar-refractivity contribution in [3.8, 4) is 34.0 Å². The zero-order valence-corrected chi connectivity index (χ0v) is 20.7. The Hall–Kier alpha value is -4.58. The number of benzene rings is 2. The van der Waals surface area contributed by atoms with Crippen LogP contribution in [0.3, 0.4) is 0 Å². The maximum absolute atomic E-state index is 6.19. The monoisotopic (exact) mass is 485 g/mol. The number of aryl methyl sites for hydroxylation is 1. The van der Waals surface area contributed by atoms with Crippen LogP contribution in [-0.2, 0) is 19.3 Å². The van der Waals surface area contributed by atoms with Gasteiger partial charge in [-0.2, -0.15) is 0 Å². The van der Waals surface area contributed by atoms with Crippen molar-refractivity contribution in [2.24, 2.45) is 0 Å². The molecule has 6 nitrogen and oxygen atoms in total. The lowest BCUT2D eigenvalue weighted by Crippen LogP contribution is -2.03. The molecule has 0 saturated heterocycles. The van der Waals surface area contributed by atoms with Crippen LogP contribution in [0.4, 0.5) is 11.5 Å². The topological polar surface area (TPSA) is 72.8 Å². The summed E-state index contributed by atoms with van der Waals surface area (Å²) in [5.74, 6) is 2.11. The summed E-state index contributed by atoms with van der Waals surface area (Å²) in [4.78, 5) is 8.90. The SMILES string of the molecule is CCc1cc(-c2cccnc2Oc2ccc(Nc3nnc(-c4ccccc4)c4c3CCC4)cc2)ccn1. The smallest absolute Gasteiger partial charge is 0.227 e. The number of nitrogens with zero attached hydrogens (tertiary/aromatic N) is 4. The third-order valence-corrected chi connectivity index (χ3v) is 6.68. The van der Waals surface area contributed by atoms with Gasteiger partial charge in [-0.05, 0) is 85.3 Å². The molecule has 6 heteroatoms. The summed E-state index contributed by atoms with van der Waals surface area (Å²) in [6, 6.07) is 26.2. The van der Waals surface area contributed by atoms with Gasteiger partial charge in [-0.15, -0.1) is 10.2 Å². The van der Waals surface area contributed by atoms with Gasteiger partial charge in [0.25, 0.3) is 0 Å². The van der Waals surface area contributed by atoms with E-state index in [1.54, 1.807) is 6.20 Å². The molecule has 3 heterocycles. The maximum Gasteiger partial charge on any atom is 0.227 e. The van der Waals surface area contributed by atoms with E-state index in [1.807, 2.05) is 66.9 Å². The molecule has 0 amide bonds. The summed E-state index contributed by atoms with van der Waals surface area (Å²) in [6.45, 7) is 2.10. The number of ether oxygens (including phenoxy) is 1. The Morgan fingerprint density at radius 3 is 2.46 bits per heavy atom. The van der Waals surface area contributed by atoms with Crippen LogP contribution in [0.2, 0.25) is 0 Å². The third kappa shape index (κ3) is 4.78. The first-order chi connectivity index (χ1) is 18.3. The fraction of sp³-hybridized carbons (Fsp3) is 0.161. The molecule has 1 aliphatic rings. The molecule has 0 spiro atoms. The first kappa shape index (κ1) is 22.9. The molecule has 0 aliphatic heterocycles. The number of anilines is 2. The van der Waals surface area contributed by atoms with Gasteiger partial charge < -0.3 is 10.1 Å². The molecule has 0 unspecified atom stereocenters. The van der Waals surface area contributed by atoms with E-state index in [0.29, 0.717) is 11.6 Å². The molecular weight excluding hydrogens is 458 g/mol. The Balaban J connectivity index is 1.22. The third-order valence-electron chi connectivity index (χ3n) is 6.68. The first-order valence-electron chi connectivity index (χ1n) is 12.7. The second-order valence-corrected chi connectivity index (χ2v) is 9.07. The highest BCUT2D eigenvalue weighted by Crippen LogP contribution is 2.36. The highest BCUT2D eigenvalue weighted by Gasteiger charge is 2.22. The van der Waals surface area contributed by atoms with E-state index >= 15 is 0 Å². The Labute approximate surface area is 216 Å². The molecule has 5 aromatic rings. The average molecular weight is 486 g/mol. The second-order valence-electron chi connectivity index (χ2n) is 9.07. The minimum atomic E-state index is 0.566. The van der Waals surface area contributed by atoms with Gasteiger partial charge in [-0.3, -0.25) is 4.98 Å². The van der Waals surface area contributed by atoms with Crippen molar-refractivity contribution in [2.45, 2.75) is 32.6 Å². The lowest BCUT2D eigenvalue weighted by Gasteiger charge is -2.14. The summed E-state index contributed by atoms with van der Waals surface area (Å²) < 4.78 is 6.19. The van der Waals surface area contributed by atoms with Crippen molar-refractivity contribution in [1.29, 1.82) is 0 Å². The quantitative estimate of drug-likeness (QED) is 0.263. The largest absolute Gasteiger partial charge is 0.438 e. The van der Waals surface area contributed by atoms with Gasteiger partial charge in [-0.1, -0.05) is 37.3 Å². The normalized spacial score (nSPS) is 12.2. The van der Waals surface area contributed by atoms with Gasteiger partial charge in [0.05, 0.1) is 5.69 Å². The first-order valence-corrected chi connectivity index (χ1v) is 12.7. The van der Waals surface area contributed by atoms with Crippen LogP contribution in [-0.4, -0.2) is 20.2 Å². The zero-order valence-electron chi connectivity index (χ0n) is 20.7. The Morgan fingerprint density at radius 2 is 1.62 bits per heavy atom. The van der Waals surface area contributed by atoms with E-state index in [9.17, 15) is 0 Å². The molecule has 182 valence electrons. The van der Waals surface area contributed by atoms with Crippen molar-refractivity contribution in [3.05, 3.63) is 108 Å². The van der Waals surface area contributed by atoms with Crippen molar-refractivity contribution < 1.29 is 4.74 Å². The summed E-state index contributed by atoms with van der Waals surface area (Å²) >= 11 is 0. The molecule has 3 aromatic heterocycles. The molecule has 0 radical (unpaired) electrons. The molecule has 0 atom stereocenters. The van der Waals surface area contributed by atoms with Crippen LogP contribution in [0.15, 0.2) is 91.3 Å². The molecule has 2 aromatic carbocycles. The van der Waals surface area contributed by atoms with Crippen LogP contribution in [0, 0.1) is 0 Å². The van der Waals surface area contributed by atoms with Crippen LogP contribution in [0.1, 0.15) is 30.2 Å². The number of fused-ring (bicyclic) bond motifs is 1. The van der Waals surface area contributed by atoms with Gasteiger partial charge >= 0.3 is 0 Å². The number of rotatable bonds is 7. The van der Waals surface area contributed by atoms with E-state index in [4.69, 9.17) is 4.74 Å². The average Bonchev–Trinajstić information content (AvgIpc) is 3.46. The van der Waals surface area contributed by atoms with E-state index in [-0.39, 0.29) is 0 Å². The van der Waals surface area contributed by atoms with Gasteiger partial charge in [-0.25, -0.2) is 4.98 Å². The Morgan fingerprint density at radius 1 is 0.784 bits per heavy atom. The minimum Gasteiger partial charge on any atom is -0.438 e. The lowest BCUT2D eigenvalue weighted by molar-refractivity contribution is 0.465. The van der Waals surface area contributed by atoms with E-state index in [0.717, 1.165) is 65.3 Å². The van der Waals surface area contributed by atoms with Crippen LogP contribution < -0.4 is 10.1 Å². The Kier molecular flexibility index (Phi) is 6.29. The molecular formula is C31H27N5O. The van der Waals surface area contributed by atoms with Crippen molar-refractivity contribution in [2.75, 3.05) is 5.32 Å². The van der Waals surface area contributed by atoms with E-state index in [2.05, 4.69) is 50.6 Å². The number of pyridine rings is 2. The standard InChI is InChI=1S/C31H27N5O/c1-2-23-20-22(17-19-32-23)26-12-7-18-33-31(26)37-25-15-13-24(14-16-25)34-30-28-11-6-10-27(28)29(35-36-30)21-8-4-3-5-9-21/h3-5,7-9,12-20H,2,6,10-11H2,1H3,(H,34,36). The van der Waals surface area contributed by atoms with Gasteiger partial charge in [0.2, 0.25) is 5.88 Å². The highest BCUT2D eigenvalue weighted by atomic mass is 16.5. The van der Waals surface area contributed by atoms with E-state index in [1.165, 1.54) is 11.1 Å². The molecule has 1 aliphatic carbocycles. The predicted octanol–water partition coefficient (Wildman–Crippen LogP) is 7.19. The summed E-state index contributed by atoms with van der Waals surface area (Å²) in [5.41, 5.74) is 8.62. The molecule has 1 N–H and O–H groups in total. The zero-order chi connectivity index (χ0) is 25.0. The fourth-order valence-corrected chi connectivity index (χ4v) is 4.80. The van der Waals surface area contributed by atoms with Crippen molar-refractivity contribution in [1.82, 2.24) is 20.2 Å². The molecule has 0 bridgehead atoms. The minimum absolute atomic E-state index is 0.566. The molecule has 37 heavy (non-hydrogen) atoms.